The van der Waals surface area contributed by atoms with E-state index in [-0.39, 0.29) is 29.5 Å². The third kappa shape index (κ3) is 11.4. The van der Waals surface area contributed by atoms with E-state index in [9.17, 15) is 14.7 Å². The molecule has 0 fully saturated rings. The van der Waals surface area contributed by atoms with E-state index in [2.05, 4.69) is 41.5 Å². The molecule has 50 heavy (non-hydrogen) atoms. The fourth-order valence-corrected chi connectivity index (χ4v) is 4.68. The lowest BCUT2D eigenvalue weighted by Gasteiger charge is -2.12. The molecule has 0 aliphatic carbocycles. The average Bonchev–Trinajstić information content (AvgIpc) is 3.13. The first-order valence-corrected chi connectivity index (χ1v) is 16.2. The second-order valence-electron chi connectivity index (χ2n) is 10.7. The number of benzene rings is 4. The number of anilines is 5. The zero-order chi connectivity index (χ0) is 35.0. The summed E-state index contributed by atoms with van der Waals surface area (Å²) in [6, 6.07) is 29.7. The highest BCUT2D eigenvalue weighted by Gasteiger charge is 2.11. The Bertz CT molecular complexity index is 1830. The van der Waals surface area contributed by atoms with Crippen molar-refractivity contribution in [1.29, 1.82) is 0 Å². The minimum Gasteiger partial charge on any atom is -0.508 e. The van der Waals surface area contributed by atoms with Crippen molar-refractivity contribution in [2.75, 3.05) is 55.5 Å². The van der Waals surface area contributed by atoms with Crippen molar-refractivity contribution < 1.29 is 24.2 Å². The number of aromatic hydroxyl groups is 1. The standard InChI is InChI=1S/C36H37ClN8O5/c37-31-9-5-4-8-27(31)24-40-33(48)26-10-12-28(13-11-26)41-35-43-34(44-36(45-35)42-29-14-16-30(46)17-15-29)39-19-21-50-23-22-49-20-18-38-32(47)25-6-2-1-3-7-25/h1-17,46H,18-24H2,(H,38,47)(H,40,48)(H3,39,41,42,43,44,45). The molecule has 0 radical (unpaired) electrons. The summed E-state index contributed by atoms with van der Waals surface area (Å²) in [7, 11) is 0. The average molecular weight is 697 g/mol. The Morgan fingerprint density at radius 1 is 0.600 bits per heavy atom. The van der Waals surface area contributed by atoms with Gasteiger partial charge in [-0.1, -0.05) is 48.0 Å². The molecule has 0 aliphatic rings. The van der Waals surface area contributed by atoms with Gasteiger partial charge in [0.1, 0.15) is 5.75 Å². The van der Waals surface area contributed by atoms with Gasteiger partial charge in [-0.3, -0.25) is 9.59 Å². The molecule has 0 saturated heterocycles. The molecule has 4 aromatic carbocycles. The summed E-state index contributed by atoms with van der Waals surface area (Å²) < 4.78 is 11.2. The molecule has 0 spiro atoms. The third-order valence-electron chi connectivity index (χ3n) is 7.03. The Labute approximate surface area is 294 Å². The fraction of sp³-hybridized carbons (Fsp3) is 0.194. The van der Waals surface area contributed by atoms with Gasteiger partial charge in [-0.2, -0.15) is 15.0 Å². The van der Waals surface area contributed by atoms with Gasteiger partial charge < -0.3 is 41.2 Å². The van der Waals surface area contributed by atoms with Gasteiger partial charge >= 0.3 is 0 Å². The molecule has 5 aromatic rings. The van der Waals surface area contributed by atoms with Crippen LogP contribution in [-0.2, 0) is 16.0 Å². The number of carbonyl (C=O) groups is 2. The number of amides is 2. The number of phenols is 1. The van der Waals surface area contributed by atoms with Gasteiger partial charge in [0, 0.05) is 47.2 Å². The number of hydrogen-bond donors (Lipinski definition) is 6. The first-order valence-electron chi connectivity index (χ1n) is 15.9. The summed E-state index contributed by atoms with van der Waals surface area (Å²) in [5, 5.41) is 25.3. The molecule has 0 atom stereocenters. The van der Waals surface area contributed by atoms with E-state index in [0.717, 1.165) is 5.56 Å². The maximum Gasteiger partial charge on any atom is 0.251 e. The summed E-state index contributed by atoms with van der Waals surface area (Å²) in [4.78, 5) is 38.2. The number of hydrogen-bond acceptors (Lipinski definition) is 11. The van der Waals surface area contributed by atoms with E-state index in [0.29, 0.717) is 79.5 Å². The number of carbonyl (C=O) groups excluding carboxylic acids is 2. The van der Waals surface area contributed by atoms with E-state index in [1.54, 1.807) is 66.7 Å². The van der Waals surface area contributed by atoms with Gasteiger partial charge in [-0.05, 0) is 72.3 Å². The summed E-state index contributed by atoms with van der Waals surface area (Å²) in [6.45, 7) is 2.61. The lowest BCUT2D eigenvalue weighted by molar-refractivity contribution is 0.0519. The minimum absolute atomic E-state index is 0.136. The van der Waals surface area contributed by atoms with Crippen LogP contribution in [0.5, 0.6) is 5.75 Å². The smallest absolute Gasteiger partial charge is 0.251 e. The zero-order valence-corrected chi connectivity index (χ0v) is 27.8. The van der Waals surface area contributed by atoms with Crippen LogP contribution in [0.15, 0.2) is 103 Å². The van der Waals surface area contributed by atoms with Crippen molar-refractivity contribution in [3.05, 3.63) is 125 Å². The Morgan fingerprint density at radius 3 is 1.80 bits per heavy atom. The highest BCUT2D eigenvalue weighted by atomic mass is 35.5. The van der Waals surface area contributed by atoms with Crippen LogP contribution in [0.3, 0.4) is 0 Å². The monoisotopic (exact) mass is 696 g/mol. The maximum atomic E-state index is 12.7. The highest BCUT2D eigenvalue weighted by Crippen LogP contribution is 2.21. The van der Waals surface area contributed by atoms with Crippen LogP contribution in [0.25, 0.3) is 0 Å². The first-order chi connectivity index (χ1) is 24.4. The summed E-state index contributed by atoms with van der Waals surface area (Å²) >= 11 is 6.20. The Balaban J connectivity index is 1.09. The molecule has 258 valence electrons. The van der Waals surface area contributed by atoms with Crippen LogP contribution in [0.2, 0.25) is 5.02 Å². The molecule has 14 heteroatoms. The van der Waals surface area contributed by atoms with Crippen molar-refractivity contribution in [3.63, 3.8) is 0 Å². The summed E-state index contributed by atoms with van der Waals surface area (Å²) in [5.41, 5.74) is 3.24. The molecule has 1 aromatic heterocycles. The van der Waals surface area contributed by atoms with E-state index >= 15 is 0 Å². The molecule has 6 N–H and O–H groups in total. The van der Waals surface area contributed by atoms with E-state index < -0.39 is 0 Å². The van der Waals surface area contributed by atoms with Crippen LogP contribution >= 0.6 is 11.6 Å². The Kier molecular flexibility index (Phi) is 13.3. The number of rotatable bonds is 18. The first kappa shape index (κ1) is 35.5. The van der Waals surface area contributed by atoms with Crippen molar-refractivity contribution >= 4 is 52.6 Å². The van der Waals surface area contributed by atoms with E-state index in [4.69, 9.17) is 21.1 Å². The summed E-state index contributed by atoms with van der Waals surface area (Å²) in [5.74, 6) is 0.585. The molecule has 0 aliphatic heterocycles. The SMILES string of the molecule is O=C(NCCOCCOCCNc1nc(Nc2ccc(O)cc2)nc(Nc2ccc(C(=O)NCc3ccccc3Cl)cc2)n1)c1ccccc1. The van der Waals surface area contributed by atoms with Gasteiger partial charge in [-0.25, -0.2) is 0 Å². The van der Waals surface area contributed by atoms with Gasteiger partial charge in [0.05, 0.1) is 26.4 Å². The Morgan fingerprint density at radius 2 is 1.14 bits per heavy atom. The molecule has 0 unspecified atom stereocenters. The van der Waals surface area contributed by atoms with Gasteiger partial charge in [0.25, 0.3) is 11.8 Å². The van der Waals surface area contributed by atoms with Crippen LogP contribution in [0, 0.1) is 0 Å². The third-order valence-corrected chi connectivity index (χ3v) is 7.40. The predicted molar refractivity (Wildman–Crippen MR) is 192 cm³/mol. The number of nitrogens with zero attached hydrogens (tertiary/aromatic N) is 3. The largest absolute Gasteiger partial charge is 0.508 e. The van der Waals surface area contributed by atoms with Gasteiger partial charge in [0.15, 0.2) is 0 Å². The second-order valence-corrected chi connectivity index (χ2v) is 11.1. The van der Waals surface area contributed by atoms with Gasteiger partial charge in [0.2, 0.25) is 17.8 Å². The molecular weight excluding hydrogens is 660 g/mol. The Hall–Kier alpha value is -5.76. The number of aromatic nitrogens is 3. The van der Waals surface area contributed by atoms with Crippen LogP contribution < -0.4 is 26.6 Å². The number of halogens is 1. The molecule has 0 bridgehead atoms. The normalized spacial score (nSPS) is 10.7. The lowest BCUT2D eigenvalue weighted by Crippen LogP contribution is -2.27. The van der Waals surface area contributed by atoms with Crippen LogP contribution in [0.1, 0.15) is 26.3 Å². The molecule has 0 saturated carbocycles. The van der Waals surface area contributed by atoms with Crippen molar-refractivity contribution in [1.82, 2.24) is 25.6 Å². The van der Waals surface area contributed by atoms with Crippen LogP contribution in [0.4, 0.5) is 29.2 Å². The van der Waals surface area contributed by atoms with Crippen LogP contribution in [-0.4, -0.2) is 71.4 Å². The number of nitrogens with one attached hydrogen (secondary N) is 5. The van der Waals surface area contributed by atoms with E-state index in [1.807, 2.05) is 36.4 Å². The van der Waals surface area contributed by atoms with Crippen molar-refractivity contribution in [2.45, 2.75) is 6.54 Å². The quantitative estimate of drug-likeness (QED) is 0.0503. The molecule has 5 rings (SSSR count). The molecule has 1 heterocycles. The molecular formula is C36H37ClN8O5. The van der Waals surface area contributed by atoms with Crippen molar-refractivity contribution in [3.8, 4) is 5.75 Å². The van der Waals surface area contributed by atoms with Crippen molar-refractivity contribution in [2.24, 2.45) is 0 Å². The number of phenolic OH excluding ortho intramolecular Hbond substituents is 1. The predicted octanol–water partition coefficient (Wildman–Crippen LogP) is 5.52. The molecule has 13 nitrogen and oxygen atoms in total. The lowest BCUT2D eigenvalue weighted by atomic mass is 10.1. The second kappa shape index (κ2) is 18.7. The summed E-state index contributed by atoms with van der Waals surface area (Å²) in [6.07, 6.45) is 0. The van der Waals surface area contributed by atoms with Gasteiger partial charge in [-0.15, -0.1) is 0 Å². The van der Waals surface area contributed by atoms with E-state index in [1.165, 1.54) is 0 Å². The minimum atomic E-state index is -0.232. The molecule has 2 amide bonds. The highest BCUT2D eigenvalue weighted by molar-refractivity contribution is 6.31. The number of ether oxygens (including phenoxy) is 2. The maximum absolute atomic E-state index is 12.7. The topological polar surface area (TPSA) is 172 Å². The zero-order valence-electron chi connectivity index (χ0n) is 27.1. The fourth-order valence-electron chi connectivity index (χ4n) is 4.48.